The van der Waals surface area contributed by atoms with Gasteiger partial charge in [0.25, 0.3) is 5.91 Å². The molecule has 0 radical (unpaired) electrons. The molecule has 0 aliphatic heterocycles. The molecule has 5 aromatic rings. The highest BCUT2D eigenvalue weighted by Gasteiger charge is 2.14. The van der Waals surface area contributed by atoms with Gasteiger partial charge >= 0.3 is 0 Å². The van der Waals surface area contributed by atoms with Crippen LogP contribution in [0.25, 0.3) is 27.2 Å². The van der Waals surface area contributed by atoms with Gasteiger partial charge in [0.2, 0.25) is 0 Å². The van der Waals surface area contributed by atoms with Gasteiger partial charge in [-0.3, -0.25) is 4.79 Å². The smallest absolute Gasteiger partial charge is 0.275 e. The minimum atomic E-state index is -0.318. The van der Waals surface area contributed by atoms with Crippen LogP contribution in [-0.4, -0.2) is 23.8 Å². The Bertz CT molecular complexity index is 1560. The van der Waals surface area contributed by atoms with Crippen molar-refractivity contribution in [2.45, 2.75) is 13.8 Å². The Morgan fingerprint density at radius 1 is 0.882 bits per heavy atom. The second-order valence-corrected chi connectivity index (χ2v) is 8.26. The van der Waals surface area contributed by atoms with Crippen molar-refractivity contribution in [3.05, 3.63) is 107 Å². The van der Waals surface area contributed by atoms with E-state index in [1.54, 1.807) is 13.3 Å². The molecule has 5 rings (SSSR count). The van der Waals surface area contributed by atoms with E-state index in [1.165, 1.54) is 10.8 Å². The molecule has 1 N–H and O–H groups in total. The van der Waals surface area contributed by atoms with Crippen molar-refractivity contribution in [2.24, 2.45) is 5.10 Å². The molecular formula is C29H25N3O2. The van der Waals surface area contributed by atoms with Crippen molar-refractivity contribution in [3.63, 3.8) is 0 Å². The van der Waals surface area contributed by atoms with Crippen molar-refractivity contribution >= 4 is 33.7 Å². The number of carbonyl (C=O) groups is 1. The summed E-state index contributed by atoms with van der Waals surface area (Å²) in [4.78, 5) is 12.9. The van der Waals surface area contributed by atoms with E-state index in [9.17, 15) is 4.79 Å². The van der Waals surface area contributed by atoms with Gasteiger partial charge in [-0.25, -0.2) is 5.43 Å². The van der Waals surface area contributed by atoms with Crippen molar-refractivity contribution in [1.29, 1.82) is 0 Å². The number of hydrogen-bond acceptors (Lipinski definition) is 3. The van der Waals surface area contributed by atoms with Crippen LogP contribution in [0.5, 0.6) is 5.75 Å². The summed E-state index contributed by atoms with van der Waals surface area (Å²) >= 11 is 0. The van der Waals surface area contributed by atoms with Crippen molar-refractivity contribution in [3.8, 4) is 11.4 Å². The maximum absolute atomic E-state index is 12.9. The van der Waals surface area contributed by atoms with E-state index < -0.39 is 0 Å². The zero-order chi connectivity index (χ0) is 23.7. The zero-order valence-electron chi connectivity index (χ0n) is 19.4. The van der Waals surface area contributed by atoms with Gasteiger partial charge in [0.15, 0.2) is 0 Å². The molecule has 0 atom stereocenters. The predicted molar refractivity (Wildman–Crippen MR) is 138 cm³/mol. The quantitative estimate of drug-likeness (QED) is 0.259. The third-order valence-corrected chi connectivity index (χ3v) is 6.16. The molecule has 5 nitrogen and oxygen atoms in total. The number of nitrogens with one attached hydrogen (secondary N) is 1. The zero-order valence-corrected chi connectivity index (χ0v) is 19.4. The van der Waals surface area contributed by atoms with Crippen LogP contribution in [0.1, 0.15) is 27.3 Å². The van der Waals surface area contributed by atoms with E-state index >= 15 is 0 Å². The van der Waals surface area contributed by atoms with E-state index in [4.69, 9.17) is 4.74 Å². The molecule has 5 heteroatoms. The Labute approximate surface area is 198 Å². The number of carbonyl (C=O) groups excluding carboxylic acids is 1. The first-order chi connectivity index (χ1) is 16.6. The minimum Gasteiger partial charge on any atom is -0.496 e. The summed E-state index contributed by atoms with van der Waals surface area (Å²) in [5.41, 5.74) is 7.31. The number of benzene rings is 4. The second-order valence-electron chi connectivity index (χ2n) is 8.26. The number of ether oxygens (including phenoxy) is 1. The van der Waals surface area contributed by atoms with E-state index in [1.807, 2.05) is 42.5 Å². The van der Waals surface area contributed by atoms with Crippen molar-refractivity contribution in [1.82, 2.24) is 9.99 Å². The Hall–Kier alpha value is -4.38. The first-order valence-electron chi connectivity index (χ1n) is 11.1. The molecule has 34 heavy (non-hydrogen) atoms. The number of fused-ring (bicyclic) bond motifs is 2. The number of aromatic nitrogens is 1. The Kier molecular flexibility index (Phi) is 5.60. The largest absolute Gasteiger partial charge is 0.496 e. The molecule has 0 aliphatic rings. The second kappa shape index (κ2) is 8.87. The van der Waals surface area contributed by atoms with Crippen LogP contribution in [0, 0.1) is 13.8 Å². The van der Waals surface area contributed by atoms with E-state index in [0.29, 0.717) is 11.3 Å². The molecule has 168 valence electrons. The standard InChI is InChI=1S/C29H25N3O2/c1-19-15-24(20(2)32(19)27-14-8-12-21-9-6-7-13-25(21)27)18-30-31-29(33)26-16-22-10-4-5-11-23(22)17-28(26)34-3/h4-18H,1-3H3,(H,31,33)/b30-18-. The van der Waals surface area contributed by atoms with Gasteiger partial charge in [-0.15, -0.1) is 0 Å². The molecule has 0 aliphatic carbocycles. The lowest BCUT2D eigenvalue weighted by molar-refractivity contribution is 0.0952. The molecule has 1 amide bonds. The summed E-state index contributed by atoms with van der Waals surface area (Å²) in [5, 5.41) is 8.61. The summed E-state index contributed by atoms with van der Waals surface area (Å²) in [7, 11) is 1.56. The van der Waals surface area contributed by atoms with Crippen molar-refractivity contribution in [2.75, 3.05) is 7.11 Å². The highest BCUT2D eigenvalue weighted by atomic mass is 16.5. The summed E-state index contributed by atoms with van der Waals surface area (Å²) in [5.74, 6) is 0.197. The van der Waals surface area contributed by atoms with E-state index in [-0.39, 0.29) is 5.91 Å². The molecule has 1 heterocycles. The average Bonchev–Trinajstić information content (AvgIpc) is 3.15. The lowest BCUT2D eigenvalue weighted by Crippen LogP contribution is -2.18. The Morgan fingerprint density at radius 3 is 2.32 bits per heavy atom. The van der Waals surface area contributed by atoms with Gasteiger partial charge in [0.1, 0.15) is 5.75 Å². The van der Waals surface area contributed by atoms with Gasteiger partial charge in [-0.05, 0) is 54.3 Å². The number of hydrazone groups is 1. The molecule has 0 bridgehead atoms. The lowest BCUT2D eigenvalue weighted by Gasteiger charge is -2.13. The third kappa shape index (κ3) is 3.82. The highest BCUT2D eigenvalue weighted by molar-refractivity contribution is 6.02. The molecule has 1 aromatic heterocycles. The van der Waals surface area contributed by atoms with Crippen LogP contribution >= 0.6 is 0 Å². The molecule has 0 unspecified atom stereocenters. The fourth-order valence-electron chi connectivity index (χ4n) is 4.48. The SMILES string of the molecule is COc1cc2ccccc2cc1C(=O)N/N=C\c1cc(C)n(-c2cccc3ccccc23)c1C. The number of nitrogens with zero attached hydrogens (tertiary/aromatic N) is 2. The summed E-state index contributed by atoms with van der Waals surface area (Å²) in [6.07, 6.45) is 1.69. The average molecular weight is 448 g/mol. The topological polar surface area (TPSA) is 55.6 Å². The lowest BCUT2D eigenvalue weighted by atomic mass is 10.1. The van der Waals surface area contributed by atoms with Gasteiger partial charge in [-0.2, -0.15) is 5.10 Å². The normalized spacial score (nSPS) is 11.4. The third-order valence-electron chi connectivity index (χ3n) is 6.16. The summed E-state index contributed by atoms with van der Waals surface area (Å²) in [6.45, 7) is 4.13. The van der Waals surface area contributed by atoms with Crippen LogP contribution < -0.4 is 10.2 Å². The van der Waals surface area contributed by atoms with Gasteiger partial charge in [0, 0.05) is 22.3 Å². The van der Waals surface area contributed by atoms with Crippen LogP contribution in [0.2, 0.25) is 0 Å². The molecule has 0 saturated heterocycles. The first kappa shape index (κ1) is 21.5. The number of hydrogen-bond donors (Lipinski definition) is 1. The summed E-state index contributed by atoms with van der Waals surface area (Å²) < 4.78 is 7.67. The number of amides is 1. The van der Waals surface area contributed by atoms with Crippen LogP contribution in [-0.2, 0) is 0 Å². The molecule has 4 aromatic carbocycles. The monoisotopic (exact) mass is 447 g/mol. The number of methoxy groups -OCH3 is 1. The molecular weight excluding hydrogens is 422 g/mol. The highest BCUT2D eigenvalue weighted by Crippen LogP contribution is 2.28. The molecule has 0 spiro atoms. The molecule has 0 fully saturated rings. The number of rotatable bonds is 5. The minimum absolute atomic E-state index is 0.318. The first-order valence-corrected chi connectivity index (χ1v) is 11.1. The van der Waals surface area contributed by atoms with E-state index in [2.05, 4.69) is 71.4 Å². The molecule has 0 saturated carbocycles. The predicted octanol–water partition coefficient (Wildman–Crippen LogP) is 6.17. The fraction of sp³-hybridized carbons (Fsp3) is 0.103. The van der Waals surface area contributed by atoms with Crippen LogP contribution in [0.4, 0.5) is 0 Å². The van der Waals surface area contributed by atoms with Gasteiger partial charge in [-0.1, -0.05) is 60.7 Å². The van der Waals surface area contributed by atoms with E-state index in [0.717, 1.165) is 33.4 Å². The fourth-order valence-corrected chi connectivity index (χ4v) is 4.48. The maximum Gasteiger partial charge on any atom is 0.275 e. The number of aryl methyl sites for hydroxylation is 1. The van der Waals surface area contributed by atoms with Crippen LogP contribution in [0.15, 0.2) is 90.0 Å². The Morgan fingerprint density at radius 2 is 1.56 bits per heavy atom. The van der Waals surface area contributed by atoms with Crippen LogP contribution in [0.3, 0.4) is 0 Å². The Balaban J connectivity index is 1.43. The summed E-state index contributed by atoms with van der Waals surface area (Å²) in [6, 6.07) is 28.3. The van der Waals surface area contributed by atoms with Gasteiger partial charge < -0.3 is 9.30 Å². The van der Waals surface area contributed by atoms with Crippen molar-refractivity contribution < 1.29 is 9.53 Å². The maximum atomic E-state index is 12.9. The van der Waals surface area contributed by atoms with Gasteiger partial charge in [0.05, 0.1) is 24.6 Å².